The zero-order chi connectivity index (χ0) is 14.7. The molecule has 21 heavy (non-hydrogen) atoms. The van der Waals surface area contributed by atoms with Crippen molar-refractivity contribution in [3.05, 3.63) is 42.6 Å². The average Bonchev–Trinajstić information content (AvgIpc) is 2.56. The first kappa shape index (κ1) is 13.5. The molecule has 3 rings (SSSR count). The molecule has 5 heteroatoms. The first-order chi connectivity index (χ1) is 10.3. The van der Waals surface area contributed by atoms with Gasteiger partial charge in [0, 0.05) is 44.1 Å². The highest BCUT2D eigenvalue weighted by atomic mass is 16.5. The molecule has 2 heterocycles. The summed E-state index contributed by atoms with van der Waals surface area (Å²) in [5.74, 6) is 1.50. The van der Waals surface area contributed by atoms with Crippen LogP contribution in [-0.4, -0.2) is 38.3 Å². The Bertz CT molecular complexity index is 609. The largest absolute Gasteiger partial charge is 0.497 e. The van der Waals surface area contributed by atoms with Crippen LogP contribution < -0.4 is 20.3 Å². The molecule has 5 nitrogen and oxygen atoms in total. The van der Waals surface area contributed by atoms with E-state index in [2.05, 4.69) is 26.9 Å². The third-order valence-corrected chi connectivity index (χ3v) is 3.86. The number of hydrogen-bond donors (Lipinski definition) is 1. The quantitative estimate of drug-likeness (QED) is 0.934. The maximum Gasteiger partial charge on any atom is 0.146 e. The molecule has 1 aromatic heterocycles. The Balaban J connectivity index is 1.69. The Morgan fingerprint density at radius 3 is 2.52 bits per heavy atom. The molecule has 2 N–H and O–H groups in total. The summed E-state index contributed by atoms with van der Waals surface area (Å²) < 4.78 is 5.29. The second kappa shape index (κ2) is 5.91. The molecule has 1 fully saturated rings. The minimum Gasteiger partial charge on any atom is -0.497 e. The predicted molar refractivity (Wildman–Crippen MR) is 86.1 cm³/mol. The number of benzene rings is 1. The SMILES string of the molecule is COc1cccc(N2CCN(c3cccnc3N)CC2)c1. The smallest absolute Gasteiger partial charge is 0.146 e. The molecule has 1 aliphatic heterocycles. The first-order valence-corrected chi connectivity index (χ1v) is 7.12. The van der Waals surface area contributed by atoms with Gasteiger partial charge in [0.25, 0.3) is 0 Å². The lowest BCUT2D eigenvalue weighted by Gasteiger charge is -2.37. The highest BCUT2D eigenvalue weighted by molar-refractivity contribution is 5.64. The van der Waals surface area contributed by atoms with Gasteiger partial charge in [-0.2, -0.15) is 0 Å². The molecule has 0 amide bonds. The Labute approximate surface area is 125 Å². The van der Waals surface area contributed by atoms with Crippen molar-refractivity contribution < 1.29 is 4.74 Å². The van der Waals surface area contributed by atoms with E-state index in [1.807, 2.05) is 24.3 Å². The third kappa shape index (κ3) is 2.86. The van der Waals surface area contributed by atoms with Crippen LogP contribution in [0.3, 0.4) is 0 Å². The highest BCUT2D eigenvalue weighted by Crippen LogP contribution is 2.25. The summed E-state index contributed by atoms with van der Waals surface area (Å²) in [6, 6.07) is 12.2. The molecule has 0 bridgehead atoms. The van der Waals surface area contributed by atoms with Gasteiger partial charge >= 0.3 is 0 Å². The second-order valence-corrected chi connectivity index (χ2v) is 5.08. The number of ether oxygens (including phenoxy) is 1. The van der Waals surface area contributed by atoms with E-state index in [4.69, 9.17) is 10.5 Å². The fourth-order valence-electron chi connectivity index (χ4n) is 2.69. The topological polar surface area (TPSA) is 54.6 Å². The molecule has 110 valence electrons. The van der Waals surface area contributed by atoms with Crippen molar-refractivity contribution in [3.63, 3.8) is 0 Å². The molecule has 1 aromatic carbocycles. The molecule has 0 unspecified atom stereocenters. The van der Waals surface area contributed by atoms with Crippen LogP contribution in [0.4, 0.5) is 17.2 Å². The maximum atomic E-state index is 5.95. The van der Waals surface area contributed by atoms with Gasteiger partial charge in [-0.05, 0) is 24.3 Å². The average molecular weight is 284 g/mol. The van der Waals surface area contributed by atoms with Crippen molar-refractivity contribution >= 4 is 17.2 Å². The number of rotatable bonds is 3. The van der Waals surface area contributed by atoms with Crippen LogP contribution in [0.25, 0.3) is 0 Å². The number of nitrogen functional groups attached to an aromatic ring is 1. The molecule has 0 aliphatic carbocycles. The zero-order valence-corrected chi connectivity index (χ0v) is 12.2. The van der Waals surface area contributed by atoms with Gasteiger partial charge in [0.05, 0.1) is 12.8 Å². The Hall–Kier alpha value is -2.43. The second-order valence-electron chi connectivity index (χ2n) is 5.08. The number of nitrogens with zero attached hydrogens (tertiary/aromatic N) is 3. The van der Waals surface area contributed by atoms with Crippen LogP contribution in [0.15, 0.2) is 42.6 Å². The first-order valence-electron chi connectivity index (χ1n) is 7.12. The molecule has 0 saturated carbocycles. The van der Waals surface area contributed by atoms with Crippen LogP contribution in [0.2, 0.25) is 0 Å². The fraction of sp³-hybridized carbons (Fsp3) is 0.312. The summed E-state index contributed by atoms with van der Waals surface area (Å²) in [5, 5.41) is 0. The lowest BCUT2D eigenvalue weighted by Crippen LogP contribution is -2.46. The van der Waals surface area contributed by atoms with Crippen molar-refractivity contribution in [1.29, 1.82) is 0 Å². The van der Waals surface area contributed by atoms with Gasteiger partial charge < -0.3 is 20.3 Å². The zero-order valence-electron chi connectivity index (χ0n) is 12.2. The van der Waals surface area contributed by atoms with Gasteiger partial charge in [-0.1, -0.05) is 6.07 Å². The molecular formula is C16H20N4O. The summed E-state index contributed by atoms with van der Waals surface area (Å²) in [7, 11) is 1.70. The number of pyridine rings is 1. The van der Waals surface area contributed by atoms with E-state index in [9.17, 15) is 0 Å². The Morgan fingerprint density at radius 1 is 1.05 bits per heavy atom. The maximum absolute atomic E-state index is 5.95. The van der Waals surface area contributed by atoms with Crippen molar-refractivity contribution in [2.75, 3.05) is 48.8 Å². The lowest BCUT2D eigenvalue weighted by atomic mass is 10.2. The minimum absolute atomic E-state index is 0.604. The summed E-state index contributed by atoms with van der Waals surface area (Å²) >= 11 is 0. The van der Waals surface area contributed by atoms with Crippen LogP contribution >= 0.6 is 0 Å². The summed E-state index contributed by atoms with van der Waals surface area (Å²) in [5.41, 5.74) is 8.18. The van der Waals surface area contributed by atoms with Crippen molar-refractivity contribution in [3.8, 4) is 5.75 Å². The number of anilines is 3. The molecule has 1 aliphatic rings. The monoisotopic (exact) mass is 284 g/mol. The molecule has 2 aromatic rings. The van der Waals surface area contributed by atoms with E-state index >= 15 is 0 Å². The van der Waals surface area contributed by atoms with E-state index in [0.29, 0.717) is 5.82 Å². The van der Waals surface area contributed by atoms with Crippen LogP contribution in [0.1, 0.15) is 0 Å². The number of methoxy groups -OCH3 is 1. The molecule has 1 saturated heterocycles. The van der Waals surface area contributed by atoms with Gasteiger partial charge in [-0.15, -0.1) is 0 Å². The summed E-state index contributed by atoms with van der Waals surface area (Å²) in [4.78, 5) is 8.82. The summed E-state index contributed by atoms with van der Waals surface area (Å²) in [6.07, 6.45) is 1.73. The standard InChI is InChI=1S/C16H20N4O/c1-21-14-5-2-4-13(12-14)19-8-10-20(11-9-19)15-6-3-7-18-16(15)17/h2-7,12H,8-11H2,1H3,(H2,17,18). The van der Waals surface area contributed by atoms with Gasteiger partial charge in [0.15, 0.2) is 0 Å². The Kier molecular flexibility index (Phi) is 3.81. The van der Waals surface area contributed by atoms with E-state index in [0.717, 1.165) is 37.6 Å². The lowest BCUT2D eigenvalue weighted by molar-refractivity contribution is 0.414. The predicted octanol–water partition coefficient (Wildman–Crippen LogP) is 2.00. The van der Waals surface area contributed by atoms with E-state index in [1.165, 1.54) is 5.69 Å². The van der Waals surface area contributed by atoms with E-state index in [1.54, 1.807) is 13.3 Å². The number of hydrogen-bond acceptors (Lipinski definition) is 5. The minimum atomic E-state index is 0.604. The van der Waals surface area contributed by atoms with Crippen LogP contribution in [-0.2, 0) is 0 Å². The fourth-order valence-corrected chi connectivity index (χ4v) is 2.69. The van der Waals surface area contributed by atoms with E-state index in [-0.39, 0.29) is 0 Å². The Morgan fingerprint density at radius 2 is 1.81 bits per heavy atom. The molecule has 0 radical (unpaired) electrons. The third-order valence-electron chi connectivity index (χ3n) is 3.86. The van der Waals surface area contributed by atoms with Crippen LogP contribution in [0.5, 0.6) is 5.75 Å². The summed E-state index contributed by atoms with van der Waals surface area (Å²) in [6.45, 7) is 3.79. The van der Waals surface area contributed by atoms with Crippen molar-refractivity contribution in [1.82, 2.24) is 4.98 Å². The van der Waals surface area contributed by atoms with Gasteiger partial charge in [0.2, 0.25) is 0 Å². The molecule has 0 spiro atoms. The normalized spacial score (nSPS) is 15.1. The van der Waals surface area contributed by atoms with Gasteiger partial charge in [-0.25, -0.2) is 4.98 Å². The molecule has 0 atom stereocenters. The number of piperazine rings is 1. The number of aromatic nitrogens is 1. The highest BCUT2D eigenvalue weighted by Gasteiger charge is 2.19. The van der Waals surface area contributed by atoms with Crippen molar-refractivity contribution in [2.45, 2.75) is 0 Å². The van der Waals surface area contributed by atoms with E-state index < -0.39 is 0 Å². The van der Waals surface area contributed by atoms with Crippen molar-refractivity contribution in [2.24, 2.45) is 0 Å². The number of nitrogens with two attached hydrogens (primary N) is 1. The van der Waals surface area contributed by atoms with Gasteiger partial charge in [0.1, 0.15) is 11.6 Å². The van der Waals surface area contributed by atoms with Crippen LogP contribution in [0, 0.1) is 0 Å². The molecular weight excluding hydrogens is 264 g/mol. The van der Waals surface area contributed by atoms with Gasteiger partial charge in [-0.3, -0.25) is 0 Å².